The predicted octanol–water partition coefficient (Wildman–Crippen LogP) is 5.02. The zero-order valence-electron chi connectivity index (χ0n) is 15.0. The Morgan fingerprint density at radius 3 is 2.46 bits per heavy atom. The first-order valence-corrected chi connectivity index (χ1v) is 8.62. The summed E-state index contributed by atoms with van der Waals surface area (Å²) in [7, 11) is 0. The molecule has 2 aromatic carbocycles. The van der Waals surface area contributed by atoms with Gasteiger partial charge in [-0.05, 0) is 25.1 Å². The van der Waals surface area contributed by atoms with Gasteiger partial charge in [0, 0.05) is 24.0 Å². The molecule has 3 aromatic rings. The van der Waals surface area contributed by atoms with E-state index in [9.17, 15) is 4.79 Å². The summed E-state index contributed by atoms with van der Waals surface area (Å²) >= 11 is 0. The smallest absolute Gasteiger partial charge is 0.255 e. The molecule has 0 N–H and O–H groups in total. The standard InChI is InChI=1S/C23H22N2O/c1-4-13-25(14-5-2)23(26)20-16-22(18-10-8-9-17(3)15-18)24-21-12-7-6-11-19(20)21/h4-12,15-16H,1-2,13-14H2,3H3. The number of carbonyl (C=O) groups is 1. The maximum Gasteiger partial charge on any atom is 0.255 e. The highest BCUT2D eigenvalue weighted by molar-refractivity contribution is 6.07. The third-order valence-electron chi connectivity index (χ3n) is 4.25. The molecule has 0 spiro atoms. The van der Waals surface area contributed by atoms with Gasteiger partial charge in [0.1, 0.15) is 0 Å². The SMILES string of the molecule is C=CCN(CC=C)C(=O)c1cc(-c2cccc(C)c2)nc2ccccc12. The first-order valence-electron chi connectivity index (χ1n) is 8.62. The number of hydrogen-bond acceptors (Lipinski definition) is 2. The predicted molar refractivity (Wildman–Crippen MR) is 108 cm³/mol. The van der Waals surface area contributed by atoms with Gasteiger partial charge in [-0.3, -0.25) is 4.79 Å². The minimum atomic E-state index is -0.0442. The van der Waals surface area contributed by atoms with Gasteiger partial charge in [0.25, 0.3) is 5.91 Å². The number of fused-ring (bicyclic) bond motifs is 1. The van der Waals surface area contributed by atoms with Crippen molar-refractivity contribution in [1.82, 2.24) is 9.88 Å². The van der Waals surface area contributed by atoms with E-state index in [-0.39, 0.29) is 5.91 Å². The second kappa shape index (κ2) is 7.79. The lowest BCUT2D eigenvalue weighted by Crippen LogP contribution is -2.31. The van der Waals surface area contributed by atoms with E-state index in [1.54, 1.807) is 17.1 Å². The highest BCUT2D eigenvalue weighted by Gasteiger charge is 2.18. The molecule has 26 heavy (non-hydrogen) atoms. The Bertz CT molecular complexity index is 965. The molecule has 0 saturated heterocycles. The fourth-order valence-corrected chi connectivity index (χ4v) is 3.03. The fraction of sp³-hybridized carbons (Fsp3) is 0.130. The van der Waals surface area contributed by atoms with Crippen molar-refractivity contribution in [3.63, 3.8) is 0 Å². The Kier molecular flexibility index (Phi) is 5.28. The third-order valence-corrected chi connectivity index (χ3v) is 4.25. The summed E-state index contributed by atoms with van der Waals surface area (Å²) in [6.07, 6.45) is 3.46. The maximum absolute atomic E-state index is 13.2. The molecule has 1 aromatic heterocycles. The van der Waals surface area contributed by atoms with Crippen LogP contribution in [0.4, 0.5) is 0 Å². The normalized spacial score (nSPS) is 10.5. The molecule has 0 radical (unpaired) electrons. The second-order valence-electron chi connectivity index (χ2n) is 6.23. The summed E-state index contributed by atoms with van der Waals surface area (Å²) < 4.78 is 0. The van der Waals surface area contributed by atoms with Gasteiger partial charge in [-0.1, -0.05) is 54.1 Å². The van der Waals surface area contributed by atoms with E-state index in [2.05, 4.69) is 19.2 Å². The van der Waals surface area contributed by atoms with Crippen LogP contribution in [0.5, 0.6) is 0 Å². The van der Waals surface area contributed by atoms with E-state index in [4.69, 9.17) is 4.98 Å². The number of hydrogen-bond donors (Lipinski definition) is 0. The van der Waals surface area contributed by atoms with Crippen molar-refractivity contribution in [2.24, 2.45) is 0 Å². The Balaban J connectivity index is 2.18. The van der Waals surface area contributed by atoms with Gasteiger partial charge < -0.3 is 4.90 Å². The average Bonchev–Trinajstić information content (AvgIpc) is 2.66. The third kappa shape index (κ3) is 3.57. The Morgan fingerprint density at radius 2 is 1.77 bits per heavy atom. The maximum atomic E-state index is 13.2. The molecule has 0 atom stereocenters. The van der Waals surface area contributed by atoms with Gasteiger partial charge in [0.2, 0.25) is 0 Å². The lowest BCUT2D eigenvalue weighted by atomic mass is 10.0. The number of nitrogens with zero attached hydrogens (tertiary/aromatic N) is 2. The number of aryl methyl sites for hydroxylation is 1. The van der Waals surface area contributed by atoms with Gasteiger partial charge in [-0.15, -0.1) is 13.2 Å². The summed E-state index contributed by atoms with van der Waals surface area (Å²) in [4.78, 5) is 19.7. The van der Waals surface area contributed by atoms with Gasteiger partial charge in [0.15, 0.2) is 0 Å². The summed E-state index contributed by atoms with van der Waals surface area (Å²) in [5, 5.41) is 0.854. The van der Waals surface area contributed by atoms with Crippen LogP contribution >= 0.6 is 0 Å². The topological polar surface area (TPSA) is 33.2 Å². The average molecular weight is 342 g/mol. The van der Waals surface area contributed by atoms with Gasteiger partial charge in [-0.2, -0.15) is 0 Å². The summed E-state index contributed by atoms with van der Waals surface area (Å²) in [6.45, 7) is 10.5. The first-order chi connectivity index (χ1) is 12.6. The van der Waals surface area contributed by atoms with Crippen LogP contribution in [0.25, 0.3) is 22.2 Å². The Labute approximate surface area is 154 Å². The molecule has 0 aliphatic rings. The Morgan fingerprint density at radius 1 is 1.04 bits per heavy atom. The molecular formula is C23H22N2O. The number of pyridine rings is 1. The lowest BCUT2D eigenvalue weighted by molar-refractivity contribution is 0.0793. The molecule has 0 unspecified atom stereocenters. The lowest BCUT2D eigenvalue weighted by Gasteiger charge is -2.20. The molecule has 3 nitrogen and oxygen atoms in total. The zero-order chi connectivity index (χ0) is 18.5. The number of aromatic nitrogens is 1. The molecule has 0 aliphatic carbocycles. The van der Waals surface area contributed by atoms with Crippen molar-refractivity contribution < 1.29 is 4.79 Å². The van der Waals surface area contributed by atoms with Crippen LogP contribution in [0.1, 0.15) is 15.9 Å². The van der Waals surface area contributed by atoms with E-state index in [1.165, 1.54) is 0 Å². The molecule has 3 rings (SSSR count). The summed E-state index contributed by atoms with van der Waals surface area (Å²) in [5.74, 6) is -0.0442. The summed E-state index contributed by atoms with van der Waals surface area (Å²) in [5.41, 5.74) is 4.42. The van der Waals surface area contributed by atoms with Crippen LogP contribution in [-0.2, 0) is 0 Å². The van der Waals surface area contributed by atoms with Crippen molar-refractivity contribution in [2.75, 3.05) is 13.1 Å². The van der Waals surface area contributed by atoms with Gasteiger partial charge in [0.05, 0.1) is 16.8 Å². The highest BCUT2D eigenvalue weighted by Crippen LogP contribution is 2.26. The van der Waals surface area contributed by atoms with Crippen molar-refractivity contribution in [3.05, 3.63) is 91.0 Å². The molecule has 3 heteroatoms. The van der Waals surface area contributed by atoms with Gasteiger partial charge in [-0.25, -0.2) is 4.98 Å². The van der Waals surface area contributed by atoms with Crippen LogP contribution in [0.3, 0.4) is 0 Å². The van der Waals surface area contributed by atoms with Crippen LogP contribution in [0.15, 0.2) is 79.9 Å². The van der Waals surface area contributed by atoms with Crippen molar-refractivity contribution in [1.29, 1.82) is 0 Å². The number of benzene rings is 2. The number of carbonyl (C=O) groups excluding carboxylic acids is 1. The highest BCUT2D eigenvalue weighted by atomic mass is 16.2. The molecule has 0 fully saturated rings. The molecule has 1 amide bonds. The zero-order valence-corrected chi connectivity index (χ0v) is 15.0. The van der Waals surface area contributed by atoms with E-state index in [1.807, 2.05) is 55.5 Å². The van der Waals surface area contributed by atoms with Gasteiger partial charge >= 0.3 is 0 Å². The van der Waals surface area contributed by atoms with E-state index in [0.717, 1.165) is 27.7 Å². The second-order valence-corrected chi connectivity index (χ2v) is 6.23. The Hall–Kier alpha value is -3.20. The fourth-order valence-electron chi connectivity index (χ4n) is 3.03. The summed E-state index contributed by atoms with van der Waals surface area (Å²) in [6, 6.07) is 17.8. The van der Waals surface area contributed by atoms with E-state index in [0.29, 0.717) is 18.7 Å². The van der Waals surface area contributed by atoms with Crippen molar-refractivity contribution >= 4 is 16.8 Å². The molecule has 0 saturated carbocycles. The minimum Gasteiger partial charge on any atom is -0.331 e. The quantitative estimate of drug-likeness (QED) is 0.589. The van der Waals surface area contributed by atoms with Crippen LogP contribution in [0, 0.1) is 6.92 Å². The largest absolute Gasteiger partial charge is 0.331 e. The van der Waals surface area contributed by atoms with Crippen molar-refractivity contribution in [3.8, 4) is 11.3 Å². The molecule has 1 heterocycles. The number of amides is 1. The molecule has 0 aliphatic heterocycles. The van der Waals surface area contributed by atoms with Crippen LogP contribution in [0.2, 0.25) is 0 Å². The number of rotatable bonds is 6. The monoisotopic (exact) mass is 342 g/mol. The van der Waals surface area contributed by atoms with Crippen LogP contribution in [-0.4, -0.2) is 28.9 Å². The van der Waals surface area contributed by atoms with E-state index >= 15 is 0 Å². The molecule has 0 bridgehead atoms. The first kappa shape index (κ1) is 17.6. The minimum absolute atomic E-state index is 0.0442. The molecular weight excluding hydrogens is 320 g/mol. The number of para-hydroxylation sites is 1. The van der Waals surface area contributed by atoms with E-state index < -0.39 is 0 Å². The van der Waals surface area contributed by atoms with Crippen LogP contribution < -0.4 is 0 Å². The van der Waals surface area contributed by atoms with Crippen molar-refractivity contribution in [2.45, 2.75) is 6.92 Å². The molecule has 130 valence electrons.